The predicted molar refractivity (Wildman–Crippen MR) is 103 cm³/mol. The van der Waals surface area contributed by atoms with Crippen LogP contribution in [0.15, 0.2) is 36.8 Å². The smallest absolute Gasteiger partial charge is 0.341 e. The third kappa shape index (κ3) is 3.08. The zero-order chi connectivity index (χ0) is 20.9. The van der Waals surface area contributed by atoms with Gasteiger partial charge in [-0.15, -0.1) is 0 Å². The molecule has 30 heavy (non-hydrogen) atoms. The normalized spacial score (nSPS) is 18.0. The number of fused-ring (bicyclic) bond motifs is 5. The van der Waals surface area contributed by atoms with Crippen molar-refractivity contribution in [1.29, 1.82) is 0 Å². The molecule has 1 atom stereocenters. The van der Waals surface area contributed by atoms with E-state index in [2.05, 4.69) is 20.3 Å². The first-order valence-corrected chi connectivity index (χ1v) is 9.54. The van der Waals surface area contributed by atoms with E-state index in [9.17, 15) is 18.0 Å². The molecule has 0 aromatic carbocycles. The largest absolute Gasteiger partial charge is 0.471 e. The van der Waals surface area contributed by atoms with Gasteiger partial charge < -0.3 is 15.2 Å². The van der Waals surface area contributed by atoms with Crippen LogP contribution in [0.5, 0.6) is 0 Å². The molecule has 0 saturated carbocycles. The van der Waals surface area contributed by atoms with Crippen LogP contribution in [0.1, 0.15) is 24.6 Å². The lowest BCUT2D eigenvalue weighted by Gasteiger charge is -2.32. The van der Waals surface area contributed by atoms with Gasteiger partial charge in [0.05, 0.1) is 17.6 Å². The molecule has 3 aromatic rings. The Morgan fingerprint density at radius 1 is 1.20 bits per heavy atom. The molecule has 0 aliphatic carbocycles. The molecule has 0 bridgehead atoms. The molecular formula is C20H17F3N6O. The zero-order valence-corrected chi connectivity index (χ0v) is 15.7. The number of alkyl halides is 3. The molecule has 1 amide bonds. The van der Waals surface area contributed by atoms with Gasteiger partial charge in [0.2, 0.25) is 0 Å². The number of carbonyl (C=O) groups excluding carboxylic acids is 1. The Bertz CT molecular complexity index is 1060. The van der Waals surface area contributed by atoms with E-state index in [4.69, 9.17) is 4.98 Å². The number of rotatable bonds is 1. The highest BCUT2D eigenvalue weighted by Gasteiger charge is 2.44. The molecule has 2 aliphatic heterocycles. The summed E-state index contributed by atoms with van der Waals surface area (Å²) in [5, 5.41) is 3.26. The van der Waals surface area contributed by atoms with Crippen LogP contribution < -0.4 is 5.32 Å². The van der Waals surface area contributed by atoms with E-state index in [1.165, 1.54) is 0 Å². The van der Waals surface area contributed by atoms with E-state index in [0.29, 0.717) is 30.2 Å². The number of H-pyrrole nitrogens is 1. The Hall–Kier alpha value is -3.43. The summed E-state index contributed by atoms with van der Waals surface area (Å²) < 4.78 is 38.7. The van der Waals surface area contributed by atoms with Crippen molar-refractivity contribution in [3.63, 3.8) is 0 Å². The van der Waals surface area contributed by atoms with Gasteiger partial charge in [-0.2, -0.15) is 13.2 Å². The van der Waals surface area contributed by atoms with Gasteiger partial charge >= 0.3 is 12.1 Å². The molecular weight excluding hydrogens is 397 g/mol. The fourth-order valence-electron chi connectivity index (χ4n) is 4.07. The second-order valence-electron chi connectivity index (χ2n) is 7.38. The van der Waals surface area contributed by atoms with Crippen LogP contribution in [0.25, 0.3) is 22.5 Å². The van der Waals surface area contributed by atoms with Crippen LogP contribution in [0, 0.1) is 0 Å². The van der Waals surface area contributed by atoms with Gasteiger partial charge in [-0.3, -0.25) is 9.78 Å². The number of hydrogen-bond acceptors (Lipinski definition) is 5. The summed E-state index contributed by atoms with van der Waals surface area (Å²) in [6, 6.07) is 5.53. The molecule has 2 N–H and O–H groups in total. The first kappa shape index (κ1) is 18.6. The monoisotopic (exact) mass is 414 g/mol. The Morgan fingerprint density at radius 2 is 2.07 bits per heavy atom. The van der Waals surface area contributed by atoms with Crippen LogP contribution >= 0.6 is 0 Å². The summed E-state index contributed by atoms with van der Waals surface area (Å²) in [5.41, 5.74) is 3.80. The van der Waals surface area contributed by atoms with E-state index in [-0.39, 0.29) is 19.0 Å². The van der Waals surface area contributed by atoms with Gasteiger partial charge in [-0.25, -0.2) is 9.97 Å². The van der Waals surface area contributed by atoms with Crippen LogP contribution in [-0.2, 0) is 4.79 Å². The van der Waals surface area contributed by atoms with E-state index in [1.807, 2.05) is 12.1 Å². The lowest BCUT2D eigenvalue weighted by Crippen LogP contribution is -2.46. The number of amides is 1. The lowest BCUT2D eigenvalue weighted by molar-refractivity contribution is -0.186. The zero-order valence-electron chi connectivity index (χ0n) is 15.7. The summed E-state index contributed by atoms with van der Waals surface area (Å²) in [7, 11) is 0. The van der Waals surface area contributed by atoms with Crippen molar-refractivity contribution < 1.29 is 18.0 Å². The van der Waals surface area contributed by atoms with Crippen LogP contribution in [0.3, 0.4) is 0 Å². The molecule has 7 nitrogen and oxygen atoms in total. The first-order valence-electron chi connectivity index (χ1n) is 9.54. The number of nitrogens with zero attached hydrogens (tertiary/aromatic N) is 4. The number of anilines is 2. The molecule has 1 saturated heterocycles. The van der Waals surface area contributed by atoms with E-state index >= 15 is 0 Å². The Balaban J connectivity index is 1.56. The van der Waals surface area contributed by atoms with Crippen LogP contribution in [0.2, 0.25) is 0 Å². The maximum Gasteiger partial charge on any atom is 0.471 e. The molecule has 5 rings (SSSR count). The summed E-state index contributed by atoms with van der Waals surface area (Å²) in [6.45, 7) is 0.0759. The van der Waals surface area contributed by atoms with Crippen LogP contribution in [-0.4, -0.2) is 50.0 Å². The summed E-state index contributed by atoms with van der Waals surface area (Å²) >= 11 is 0. The van der Waals surface area contributed by atoms with Gasteiger partial charge in [0.25, 0.3) is 0 Å². The molecule has 10 heteroatoms. The lowest BCUT2D eigenvalue weighted by atomic mass is 9.97. The average molecular weight is 414 g/mol. The number of aromatic amines is 1. The summed E-state index contributed by atoms with van der Waals surface area (Å²) in [4.78, 5) is 29.2. The molecule has 0 radical (unpaired) electrons. The SMILES string of the molecule is O=C(N1CCCC(c2nc3c([nH]2)-c2ccncc2Nc2ncccc2-3)C1)C(F)(F)F. The van der Waals surface area contributed by atoms with Gasteiger partial charge in [-0.1, -0.05) is 0 Å². The van der Waals surface area contributed by atoms with E-state index < -0.39 is 12.1 Å². The molecule has 1 fully saturated rings. The second kappa shape index (κ2) is 6.82. The Labute approximate surface area is 169 Å². The van der Waals surface area contributed by atoms with Crippen molar-refractivity contribution in [1.82, 2.24) is 24.8 Å². The van der Waals surface area contributed by atoms with Gasteiger partial charge in [0, 0.05) is 42.5 Å². The van der Waals surface area contributed by atoms with E-state index in [1.54, 1.807) is 24.7 Å². The minimum atomic E-state index is -4.87. The summed E-state index contributed by atoms with van der Waals surface area (Å²) in [6.07, 6.45) is 1.28. The van der Waals surface area contributed by atoms with Gasteiger partial charge in [0.15, 0.2) is 0 Å². The highest BCUT2D eigenvalue weighted by Crippen LogP contribution is 2.43. The maximum absolute atomic E-state index is 12.9. The third-order valence-corrected chi connectivity index (χ3v) is 5.47. The van der Waals surface area contributed by atoms with Crippen molar-refractivity contribution in [3.8, 4) is 22.5 Å². The number of hydrogen-bond donors (Lipinski definition) is 2. The minimum absolute atomic E-state index is 0.0217. The number of piperidine rings is 1. The van der Waals surface area contributed by atoms with Crippen LogP contribution in [0.4, 0.5) is 24.7 Å². The molecule has 2 aliphatic rings. The highest BCUT2D eigenvalue weighted by molar-refractivity contribution is 5.94. The first-order chi connectivity index (χ1) is 14.4. The molecule has 0 spiro atoms. The highest BCUT2D eigenvalue weighted by atomic mass is 19.4. The fraction of sp³-hybridized carbons (Fsp3) is 0.300. The number of pyridine rings is 2. The third-order valence-electron chi connectivity index (χ3n) is 5.47. The average Bonchev–Trinajstić information content (AvgIpc) is 3.13. The Kier molecular flexibility index (Phi) is 4.23. The van der Waals surface area contributed by atoms with Crippen molar-refractivity contribution in [3.05, 3.63) is 42.6 Å². The predicted octanol–water partition coefficient (Wildman–Crippen LogP) is 3.86. The minimum Gasteiger partial charge on any atom is -0.341 e. The van der Waals surface area contributed by atoms with Crippen molar-refractivity contribution >= 4 is 17.4 Å². The molecule has 154 valence electrons. The van der Waals surface area contributed by atoms with Crippen molar-refractivity contribution in [2.24, 2.45) is 0 Å². The second-order valence-corrected chi connectivity index (χ2v) is 7.38. The van der Waals surface area contributed by atoms with Gasteiger partial charge in [0.1, 0.15) is 17.3 Å². The number of halogens is 3. The summed E-state index contributed by atoms with van der Waals surface area (Å²) in [5.74, 6) is -0.911. The Morgan fingerprint density at radius 3 is 2.90 bits per heavy atom. The number of imidazole rings is 1. The van der Waals surface area contributed by atoms with Gasteiger partial charge in [-0.05, 0) is 31.0 Å². The van der Waals surface area contributed by atoms with Crippen molar-refractivity contribution in [2.45, 2.75) is 24.9 Å². The maximum atomic E-state index is 12.9. The molecule has 5 heterocycles. The number of aromatic nitrogens is 4. The number of carbonyl (C=O) groups is 1. The molecule has 3 aromatic heterocycles. The topological polar surface area (TPSA) is 86.8 Å². The molecule has 1 unspecified atom stereocenters. The van der Waals surface area contributed by atoms with E-state index in [0.717, 1.165) is 27.4 Å². The van der Waals surface area contributed by atoms with Crippen molar-refractivity contribution in [2.75, 3.05) is 18.4 Å². The fourth-order valence-corrected chi connectivity index (χ4v) is 4.07. The standard InChI is InChI=1S/C20H17F3N6O/c21-20(22,23)19(30)29-8-2-3-11(10-29)17-27-15-12-5-7-24-9-14(12)26-18-13(16(15)28-17)4-1-6-25-18/h1,4-7,9,11H,2-3,8,10H2,(H,25,26)(H,27,28). The quantitative estimate of drug-likeness (QED) is 0.494. The number of nitrogens with one attached hydrogen (secondary N) is 2. The number of likely N-dealkylation sites (tertiary alicyclic amines) is 1.